The molecule has 0 spiro atoms. The van der Waals surface area contributed by atoms with Crippen LogP contribution in [0.4, 0.5) is 5.69 Å². The first-order chi connectivity index (χ1) is 8.63. The normalized spacial score (nSPS) is 10.5. The van der Waals surface area contributed by atoms with Crippen molar-refractivity contribution < 1.29 is 4.79 Å². The minimum absolute atomic E-state index is 0.165. The lowest BCUT2D eigenvalue weighted by molar-refractivity contribution is -0.118. The highest BCUT2D eigenvalue weighted by Crippen LogP contribution is 2.09. The Balaban J connectivity index is 1.85. The third kappa shape index (κ3) is 3.41. The van der Waals surface area contributed by atoms with Crippen molar-refractivity contribution in [2.75, 3.05) is 5.73 Å². The monoisotopic (exact) mass is 244 g/mol. The Morgan fingerprint density at radius 3 is 2.94 bits per heavy atom. The summed E-state index contributed by atoms with van der Waals surface area (Å²) in [5.74, 6) is 0.165. The van der Waals surface area contributed by atoms with Gasteiger partial charge in [0.05, 0.1) is 12.1 Å². The molecule has 0 radical (unpaired) electrons. The second-order valence-electron chi connectivity index (χ2n) is 4.34. The van der Waals surface area contributed by atoms with E-state index in [4.69, 9.17) is 5.73 Å². The molecule has 0 aliphatic carbocycles. The summed E-state index contributed by atoms with van der Waals surface area (Å²) in [6.45, 7) is 0. The van der Waals surface area contributed by atoms with Gasteiger partial charge in [-0.25, -0.2) is 0 Å². The second-order valence-corrected chi connectivity index (χ2v) is 4.34. The molecule has 0 aliphatic rings. The molecule has 1 aromatic carbocycles. The number of carbonyl (C=O) groups excluding carboxylic acids is 1. The first-order valence-corrected chi connectivity index (χ1v) is 5.85. The van der Waals surface area contributed by atoms with Gasteiger partial charge in [-0.15, -0.1) is 5.10 Å². The predicted molar refractivity (Wildman–Crippen MR) is 68.9 cm³/mol. The van der Waals surface area contributed by atoms with Crippen molar-refractivity contribution >= 4 is 11.5 Å². The molecule has 2 N–H and O–H groups in total. The lowest BCUT2D eigenvalue weighted by Crippen LogP contribution is -2.05. The Morgan fingerprint density at radius 1 is 1.44 bits per heavy atom. The van der Waals surface area contributed by atoms with Crippen LogP contribution < -0.4 is 5.73 Å². The van der Waals surface area contributed by atoms with Crippen molar-refractivity contribution in [1.82, 2.24) is 15.0 Å². The number of carbonyl (C=O) groups is 1. The number of anilines is 1. The molecule has 5 heteroatoms. The number of aromatic nitrogens is 3. The molecule has 5 nitrogen and oxygen atoms in total. The largest absolute Gasteiger partial charge is 0.399 e. The number of nitrogen functional groups attached to an aromatic ring is 1. The van der Waals surface area contributed by atoms with Gasteiger partial charge in [-0.3, -0.25) is 9.48 Å². The highest BCUT2D eigenvalue weighted by Gasteiger charge is 2.07. The number of rotatable bonds is 5. The number of ketones is 1. The lowest BCUT2D eigenvalue weighted by Gasteiger charge is -2.01. The van der Waals surface area contributed by atoms with Crippen LogP contribution >= 0.6 is 0 Å². The van der Waals surface area contributed by atoms with Gasteiger partial charge in [-0.05, 0) is 24.1 Å². The van der Waals surface area contributed by atoms with Gasteiger partial charge in [0.2, 0.25) is 0 Å². The topological polar surface area (TPSA) is 73.8 Å². The highest BCUT2D eigenvalue weighted by molar-refractivity contribution is 5.80. The van der Waals surface area contributed by atoms with Crippen molar-refractivity contribution in [1.29, 1.82) is 0 Å². The van der Waals surface area contributed by atoms with E-state index in [1.165, 1.54) is 0 Å². The molecule has 0 unspecified atom stereocenters. The van der Waals surface area contributed by atoms with E-state index >= 15 is 0 Å². The van der Waals surface area contributed by atoms with Gasteiger partial charge in [0.15, 0.2) is 0 Å². The summed E-state index contributed by atoms with van der Waals surface area (Å²) in [6, 6.07) is 7.62. The van der Waals surface area contributed by atoms with E-state index in [9.17, 15) is 4.79 Å². The smallest absolute Gasteiger partial charge is 0.139 e. The van der Waals surface area contributed by atoms with E-state index in [0.29, 0.717) is 19.3 Å². The van der Waals surface area contributed by atoms with Crippen LogP contribution in [0.2, 0.25) is 0 Å². The van der Waals surface area contributed by atoms with E-state index in [2.05, 4.69) is 10.3 Å². The standard InChI is InChI=1S/C13H16N4O/c1-17-9-12(15-16-17)8-13(18)6-5-10-3-2-4-11(14)7-10/h2-4,7,9H,5-6,8,14H2,1H3. The maximum absolute atomic E-state index is 11.8. The molecule has 2 aromatic rings. The molecular weight excluding hydrogens is 228 g/mol. The van der Waals surface area contributed by atoms with Crippen molar-refractivity contribution in [2.24, 2.45) is 7.05 Å². The Bertz CT molecular complexity index is 547. The van der Waals surface area contributed by atoms with Gasteiger partial charge in [-0.1, -0.05) is 17.3 Å². The molecule has 0 saturated heterocycles. The zero-order valence-electron chi connectivity index (χ0n) is 10.3. The number of aryl methyl sites for hydroxylation is 2. The van der Waals surface area contributed by atoms with Crippen molar-refractivity contribution in [3.05, 3.63) is 41.7 Å². The average Bonchev–Trinajstić information content (AvgIpc) is 2.72. The number of benzene rings is 1. The molecule has 1 heterocycles. The molecular formula is C13H16N4O. The summed E-state index contributed by atoms with van der Waals surface area (Å²) in [7, 11) is 1.79. The summed E-state index contributed by atoms with van der Waals surface area (Å²) in [5.41, 5.74) is 8.22. The first-order valence-electron chi connectivity index (χ1n) is 5.85. The van der Waals surface area contributed by atoms with Crippen LogP contribution in [-0.4, -0.2) is 20.8 Å². The van der Waals surface area contributed by atoms with Crippen LogP contribution in [0.1, 0.15) is 17.7 Å². The summed E-state index contributed by atoms with van der Waals surface area (Å²) < 4.78 is 1.60. The molecule has 0 atom stereocenters. The second kappa shape index (κ2) is 5.44. The maximum atomic E-state index is 11.8. The van der Waals surface area contributed by atoms with Gasteiger partial charge in [0, 0.05) is 25.4 Å². The fourth-order valence-electron chi connectivity index (χ4n) is 1.80. The third-order valence-electron chi connectivity index (χ3n) is 2.67. The average molecular weight is 244 g/mol. The van der Waals surface area contributed by atoms with E-state index in [1.807, 2.05) is 24.3 Å². The first kappa shape index (κ1) is 12.3. The Kier molecular flexibility index (Phi) is 3.72. The van der Waals surface area contributed by atoms with E-state index < -0.39 is 0 Å². The quantitative estimate of drug-likeness (QED) is 0.800. The molecule has 0 saturated carbocycles. The van der Waals surface area contributed by atoms with Gasteiger partial charge in [0.1, 0.15) is 5.78 Å². The number of nitrogens with zero attached hydrogens (tertiary/aromatic N) is 3. The van der Waals surface area contributed by atoms with E-state index in [-0.39, 0.29) is 5.78 Å². The number of hydrogen-bond donors (Lipinski definition) is 1. The zero-order chi connectivity index (χ0) is 13.0. The minimum Gasteiger partial charge on any atom is -0.399 e. The summed E-state index contributed by atoms with van der Waals surface area (Å²) in [4.78, 5) is 11.8. The minimum atomic E-state index is 0.165. The number of Topliss-reactive ketones (excluding diaryl/α,β-unsaturated/α-hetero) is 1. The van der Waals surface area contributed by atoms with Gasteiger partial charge < -0.3 is 5.73 Å². The van der Waals surface area contributed by atoms with Gasteiger partial charge >= 0.3 is 0 Å². The summed E-state index contributed by atoms with van der Waals surface area (Å²) >= 11 is 0. The van der Waals surface area contributed by atoms with Crippen molar-refractivity contribution in [2.45, 2.75) is 19.3 Å². The zero-order valence-corrected chi connectivity index (χ0v) is 10.3. The van der Waals surface area contributed by atoms with Crippen LogP contribution in [0.25, 0.3) is 0 Å². The molecule has 18 heavy (non-hydrogen) atoms. The van der Waals surface area contributed by atoms with Gasteiger partial charge in [0.25, 0.3) is 0 Å². The molecule has 0 amide bonds. The van der Waals surface area contributed by atoms with Crippen LogP contribution in [0.3, 0.4) is 0 Å². The molecule has 0 bridgehead atoms. The fourth-order valence-corrected chi connectivity index (χ4v) is 1.80. The molecule has 0 aliphatic heterocycles. The maximum Gasteiger partial charge on any atom is 0.139 e. The Hall–Kier alpha value is -2.17. The molecule has 1 aromatic heterocycles. The molecule has 0 fully saturated rings. The summed E-state index contributed by atoms with van der Waals surface area (Å²) in [5, 5.41) is 7.69. The fraction of sp³-hybridized carbons (Fsp3) is 0.308. The Labute approximate surface area is 106 Å². The van der Waals surface area contributed by atoms with Gasteiger partial charge in [-0.2, -0.15) is 0 Å². The number of nitrogens with two attached hydrogens (primary N) is 1. The predicted octanol–water partition coefficient (Wildman–Crippen LogP) is 1.14. The lowest BCUT2D eigenvalue weighted by atomic mass is 10.0. The molecule has 2 rings (SSSR count). The Morgan fingerprint density at radius 2 is 2.28 bits per heavy atom. The van der Waals surface area contributed by atoms with Crippen molar-refractivity contribution in [3.8, 4) is 0 Å². The van der Waals surface area contributed by atoms with Crippen molar-refractivity contribution in [3.63, 3.8) is 0 Å². The summed E-state index contributed by atoms with van der Waals surface area (Å²) in [6.07, 6.45) is 3.32. The van der Waals surface area contributed by atoms with Crippen LogP contribution in [0.15, 0.2) is 30.5 Å². The SMILES string of the molecule is Cn1cc(CC(=O)CCc2cccc(N)c2)nn1. The van der Waals surface area contributed by atoms with Crippen LogP contribution in [-0.2, 0) is 24.7 Å². The molecule has 94 valence electrons. The van der Waals surface area contributed by atoms with E-state index in [1.54, 1.807) is 17.9 Å². The number of hydrogen-bond acceptors (Lipinski definition) is 4. The highest BCUT2D eigenvalue weighted by atomic mass is 16.1. The van der Waals surface area contributed by atoms with E-state index in [0.717, 1.165) is 16.9 Å². The van der Waals surface area contributed by atoms with Crippen LogP contribution in [0, 0.1) is 0 Å². The van der Waals surface area contributed by atoms with Crippen LogP contribution in [0.5, 0.6) is 0 Å². The third-order valence-corrected chi connectivity index (χ3v) is 2.67.